The van der Waals surface area contributed by atoms with Gasteiger partial charge in [-0.3, -0.25) is 4.79 Å². The van der Waals surface area contributed by atoms with E-state index in [-0.39, 0.29) is 17.7 Å². The van der Waals surface area contributed by atoms with Crippen LogP contribution in [0.3, 0.4) is 0 Å². The molecule has 1 atom stereocenters. The van der Waals surface area contributed by atoms with Crippen LogP contribution < -0.4 is 5.73 Å². The molecule has 1 aliphatic heterocycles. The summed E-state index contributed by atoms with van der Waals surface area (Å²) >= 11 is 3.41. The summed E-state index contributed by atoms with van der Waals surface area (Å²) in [4.78, 5) is 14.3. The minimum atomic E-state index is -0.0639. The number of carbonyl (C=O) groups excluding carboxylic acids is 1. The molecule has 1 heterocycles. The number of oxime groups is 1. The quantitative estimate of drug-likeness (QED) is 0.375. The molecule has 1 fully saturated rings. The van der Waals surface area contributed by atoms with Crippen LogP contribution in [0.5, 0.6) is 0 Å². The van der Waals surface area contributed by atoms with Gasteiger partial charge in [0.25, 0.3) is 5.91 Å². The molecule has 0 spiro atoms. The number of likely N-dealkylation sites (tertiary alicyclic amines) is 1. The van der Waals surface area contributed by atoms with E-state index in [0.717, 1.165) is 22.9 Å². The fourth-order valence-corrected chi connectivity index (χ4v) is 3.13. The summed E-state index contributed by atoms with van der Waals surface area (Å²) in [6.45, 7) is 3.16. The summed E-state index contributed by atoms with van der Waals surface area (Å²) in [6, 6.07) is 5.66. The van der Waals surface area contributed by atoms with Crippen LogP contribution in [-0.4, -0.2) is 34.9 Å². The van der Waals surface area contributed by atoms with Gasteiger partial charge in [0.05, 0.1) is 0 Å². The smallest absolute Gasteiger partial charge is 0.253 e. The summed E-state index contributed by atoms with van der Waals surface area (Å²) < 4.78 is 0.894. The Hall–Kier alpha value is -1.56. The van der Waals surface area contributed by atoms with Gasteiger partial charge in [-0.2, -0.15) is 0 Å². The van der Waals surface area contributed by atoms with Crippen LogP contribution in [0.2, 0.25) is 0 Å². The number of nitrogens with zero attached hydrogens (tertiary/aromatic N) is 2. The van der Waals surface area contributed by atoms with Gasteiger partial charge in [0.15, 0.2) is 0 Å². The molecular formula is C14H18BrN3O2. The van der Waals surface area contributed by atoms with E-state index in [2.05, 4.69) is 21.1 Å². The molecule has 0 bridgehead atoms. The van der Waals surface area contributed by atoms with Gasteiger partial charge in [0.2, 0.25) is 0 Å². The second-order valence-electron chi connectivity index (χ2n) is 5.13. The van der Waals surface area contributed by atoms with Crippen LogP contribution in [-0.2, 0) is 0 Å². The summed E-state index contributed by atoms with van der Waals surface area (Å²) in [7, 11) is 0. The van der Waals surface area contributed by atoms with Gasteiger partial charge >= 0.3 is 0 Å². The first kappa shape index (κ1) is 14.8. The Labute approximate surface area is 126 Å². The molecule has 5 nitrogen and oxygen atoms in total. The number of benzene rings is 1. The minimum absolute atomic E-state index is 0.00941. The molecule has 108 valence electrons. The van der Waals surface area contributed by atoms with Crippen LogP contribution in [0, 0.1) is 12.8 Å². The summed E-state index contributed by atoms with van der Waals surface area (Å²) in [5.74, 6) is 0.128. The van der Waals surface area contributed by atoms with Crippen LogP contribution in [0.1, 0.15) is 28.8 Å². The molecule has 1 aromatic carbocycles. The Balaban J connectivity index is 2.16. The zero-order valence-electron chi connectivity index (χ0n) is 11.3. The van der Waals surface area contributed by atoms with E-state index in [9.17, 15) is 4.79 Å². The lowest BCUT2D eigenvalue weighted by atomic mass is 9.96. The van der Waals surface area contributed by atoms with E-state index < -0.39 is 0 Å². The zero-order valence-corrected chi connectivity index (χ0v) is 12.9. The number of nitrogens with two attached hydrogens (primary N) is 1. The highest BCUT2D eigenvalue weighted by molar-refractivity contribution is 9.10. The fourth-order valence-electron chi connectivity index (χ4n) is 2.53. The molecule has 0 aliphatic carbocycles. The van der Waals surface area contributed by atoms with E-state index in [1.54, 1.807) is 4.90 Å². The number of piperidine rings is 1. The third-order valence-electron chi connectivity index (χ3n) is 3.53. The molecule has 3 N–H and O–H groups in total. The minimum Gasteiger partial charge on any atom is -0.409 e. The summed E-state index contributed by atoms with van der Waals surface area (Å²) in [5, 5.41) is 11.8. The fraction of sp³-hybridized carbons (Fsp3) is 0.429. The van der Waals surface area contributed by atoms with Crippen LogP contribution in [0.4, 0.5) is 0 Å². The lowest BCUT2D eigenvalue weighted by Crippen LogP contribution is -2.44. The predicted molar refractivity (Wildman–Crippen MR) is 80.9 cm³/mol. The zero-order chi connectivity index (χ0) is 14.7. The van der Waals surface area contributed by atoms with Gasteiger partial charge in [0, 0.05) is 29.0 Å². The average Bonchev–Trinajstić information content (AvgIpc) is 2.44. The molecule has 1 aromatic rings. The lowest BCUT2D eigenvalue weighted by Gasteiger charge is -2.32. The normalized spacial score (nSPS) is 20.0. The van der Waals surface area contributed by atoms with E-state index in [4.69, 9.17) is 10.9 Å². The van der Waals surface area contributed by atoms with Gasteiger partial charge in [0.1, 0.15) is 5.84 Å². The molecule has 0 radical (unpaired) electrons. The molecule has 1 aliphatic rings. The number of carbonyl (C=O) groups is 1. The van der Waals surface area contributed by atoms with Crippen molar-refractivity contribution in [2.75, 3.05) is 13.1 Å². The molecule has 1 saturated heterocycles. The monoisotopic (exact) mass is 339 g/mol. The van der Waals surface area contributed by atoms with Gasteiger partial charge in [-0.25, -0.2) is 0 Å². The van der Waals surface area contributed by atoms with Crippen molar-refractivity contribution in [2.24, 2.45) is 16.8 Å². The SMILES string of the molecule is Cc1cc(Br)cc(C(=O)N2CCCC(/C(N)=N/O)C2)c1. The van der Waals surface area contributed by atoms with Crippen molar-refractivity contribution < 1.29 is 10.0 Å². The Kier molecular flexibility index (Phi) is 4.65. The van der Waals surface area contributed by atoms with Gasteiger partial charge in [-0.15, -0.1) is 0 Å². The van der Waals surface area contributed by atoms with Crippen LogP contribution in [0.25, 0.3) is 0 Å². The maximum absolute atomic E-state index is 12.5. The van der Waals surface area contributed by atoms with Crippen molar-refractivity contribution in [1.82, 2.24) is 4.90 Å². The Morgan fingerprint density at radius 2 is 2.25 bits per heavy atom. The first-order valence-electron chi connectivity index (χ1n) is 6.55. The van der Waals surface area contributed by atoms with Gasteiger partial charge in [-0.1, -0.05) is 21.1 Å². The van der Waals surface area contributed by atoms with E-state index in [0.29, 0.717) is 18.7 Å². The number of amidine groups is 1. The number of hydrogen-bond acceptors (Lipinski definition) is 3. The van der Waals surface area contributed by atoms with Crippen molar-refractivity contribution in [3.05, 3.63) is 33.8 Å². The van der Waals surface area contributed by atoms with Gasteiger partial charge in [-0.05, 0) is 43.5 Å². The van der Waals surface area contributed by atoms with E-state index in [1.807, 2.05) is 25.1 Å². The summed E-state index contributed by atoms with van der Waals surface area (Å²) in [6.07, 6.45) is 1.71. The Morgan fingerprint density at radius 3 is 2.90 bits per heavy atom. The third kappa shape index (κ3) is 3.30. The van der Waals surface area contributed by atoms with E-state index in [1.165, 1.54) is 0 Å². The third-order valence-corrected chi connectivity index (χ3v) is 3.99. The van der Waals surface area contributed by atoms with Crippen molar-refractivity contribution in [3.63, 3.8) is 0 Å². The van der Waals surface area contributed by atoms with Crippen molar-refractivity contribution >= 4 is 27.7 Å². The predicted octanol–water partition coefficient (Wildman–Crippen LogP) is 2.36. The molecule has 1 unspecified atom stereocenters. The topological polar surface area (TPSA) is 78.9 Å². The second-order valence-corrected chi connectivity index (χ2v) is 6.05. The average molecular weight is 340 g/mol. The van der Waals surface area contributed by atoms with Crippen molar-refractivity contribution in [1.29, 1.82) is 0 Å². The number of aryl methyl sites for hydroxylation is 1. The summed E-state index contributed by atoms with van der Waals surface area (Å²) in [5.41, 5.74) is 7.35. The molecule has 0 aromatic heterocycles. The highest BCUT2D eigenvalue weighted by Gasteiger charge is 2.27. The highest BCUT2D eigenvalue weighted by Crippen LogP contribution is 2.21. The number of amides is 1. The van der Waals surface area contributed by atoms with Crippen molar-refractivity contribution in [3.8, 4) is 0 Å². The maximum atomic E-state index is 12.5. The highest BCUT2D eigenvalue weighted by atomic mass is 79.9. The number of halogens is 1. The first-order chi connectivity index (χ1) is 9.51. The molecule has 20 heavy (non-hydrogen) atoms. The molecule has 6 heteroatoms. The number of rotatable bonds is 2. The van der Waals surface area contributed by atoms with Crippen molar-refractivity contribution in [2.45, 2.75) is 19.8 Å². The van der Waals surface area contributed by atoms with Crippen LogP contribution >= 0.6 is 15.9 Å². The molecule has 2 rings (SSSR count). The molecule has 0 saturated carbocycles. The second kappa shape index (κ2) is 6.26. The maximum Gasteiger partial charge on any atom is 0.253 e. The van der Waals surface area contributed by atoms with Crippen LogP contribution in [0.15, 0.2) is 27.8 Å². The van der Waals surface area contributed by atoms with E-state index >= 15 is 0 Å². The Bertz CT molecular complexity index is 525. The number of hydrogen-bond donors (Lipinski definition) is 2. The molecular weight excluding hydrogens is 322 g/mol. The molecule has 1 amide bonds. The first-order valence-corrected chi connectivity index (χ1v) is 7.34. The lowest BCUT2D eigenvalue weighted by molar-refractivity contribution is 0.0701. The largest absolute Gasteiger partial charge is 0.409 e. The van der Waals surface area contributed by atoms with Gasteiger partial charge < -0.3 is 15.8 Å². The Morgan fingerprint density at radius 1 is 1.50 bits per heavy atom. The standard InChI is InChI=1S/C14H18BrN3O2/c1-9-5-11(7-12(15)6-9)14(19)18-4-2-3-10(8-18)13(16)17-20/h5-7,10,20H,2-4,8H2,1H3,(H2,16,17).